The lowest BCUT2D eigenvalue weighted by atomic mass is 10.1. The second-order valence-electron chi connectivity index (χ2n) is 3.40. The van der Waals surface area contributed by atoms with Crippen LogP contribution in [0.15, 0.2) is 35.5 Å². The average molecular weight is 221 g/mol. The third-order valence-corrected chi connectivity index (χ3v) is 2.24. The summed E-state index contributed by atoms with van der Waals surface area (Å²) in [4.78, 5) is 10.9. The van der Waals surface area contributed by atoms with Crippen LogP contribution in [0.2, 0.25) is 0 Å². The summed E-state index contributed by atoms with van der Waals surface area (Å²) in [6, 6.07) is 9.66. The van der Waals surface area contributed by atoms with Crippen molar-refractivity contribution in [2.24, 2.45) is 5.16 Å². The summed E-state index contributed by atoms with van der Waals surface area (Å²) in [5, 5.41) is 12.0. The molecule has 0 fully saturated rings. The van der Waals surface area contributed by atoms with Crippen molar-refractivity contribution in [3.63, 3.8) is 0 Å². The molecule has 1 aromatic rings. The lowest BCUT2D eigenvalue weighted by Crippen LogP contribution is -2.08. The maximum absolute atomic E-state index is 10.9. The zero-order chi connectivity index (χ0) is 11.8. The van der Waals surface area contributed by atoms with Crippen LogP contribution in [0.25, 0.3) is 0 Å². The number of hydrogen-bond donors (Lipinski definition) is 1. The van der Waals surface area contributed by atoms with Gasteiger partial charge in [-0.2, -0.15) is 0 Å². The monoisotopic (exact) mass is 221 g/mol. The van der Waals surface area contributed by atoms with Gasteiger partial charge in [0.25, 0.3) is 0 Å². The Morgan fingerprint density at radius 3 is 2.56 bits per heavy atom. The SMILES string of the molecule is COC(=O)CC/C(Cc1ccccc1)=N\O. The normalized spacial score (nSPS) is 11.2. The lowest BCUT2D eigenvalue weighted by molar-refractivity contribution is -0.140. The molecule has 0 aliphatic heterocycles. The van der Waals surface area contributed by atoms with Gasteiger partial charge >= 0.3 is 5.97 Å². The van der Waals surface area contributed by atoms with E-state index in [1.807, 2.05) is 30.3 Å². The Morgan fingerprint density at radius 1 is 1.31 bits per heavy atom. The molecule has 16 heavy (non-hydrogen) atoms. The molecule has 0 spiro atoms. The average Bonchev–Trinajstić information content (AvgIpc) is 2.35. The van der Waals surface area contributed by atoms with Gasteiger partial charge in [0.05, 0.1) is 19.2 Å². The number of benzene rings is 1. The zero-order valence-electron chi connectivity index (χ0n) is 9.22. The number of esters is 1. The van der Waals surface area contributed by atoms with Gasteiger partial charge in [-0.15, -0.1) is 0 Å². The van der Waals surface area contributed by atoms with Gasteiger partial charge in [-0.05, 0) is 12.0 Å². The highest BCUT2D eigenvalue weighted by Gasteiger charge is 2.06. The number of ether oxygens (including phenoxy) is 1. The third kappa shape index (κ3) is 4.13. The highest BCUT2D eigenvalue weighted by molar-refractivity contribution is 5.88. The minimum atomic E-state index is -0.297. The molecular formula is C12H15NO3. The first-order valence-corrected chi connectivity index (χ1v) is 5.07. The molecular weight excluding hydrogens is 206 g/mol. The Balaban J connectivity index is 2.48. The summed E-state index contributed by atoms with van der Waals surface area (Å²) in [6.45, 7) is 0. The largest absolute Gasteiger partial charge is 0.469 e. The number of nitrogens with zero attached hydrogens (tertiary/aromatic N) is 1. The first kappa shape index (κ1) is 12.2. The maximum atomic E-state index is 10.9. The van der Waals surface area contributed by atoms with Crippen molar-refractivity contribution < 1.29 is 14.7 Å². The van der Waals surface area contributed by atoms with Crippen LogP contribution in [0.4, 0.5) is 0 Å². The molecule has 1 rings (SSSR count). The fourth-order valence-corrected chi connectivity index (χ4v) is 1.35. The van der Waals surface area contributed by atoms with Gasteiger partial charge in [0.2, 0.25) is 0 Å². The first-order chi connectivity index (χ1) is 7.76. The molecule has 0 radical (unpaired) electrons. The highest BCUT2D eigenvalue weighted by atomic mass is 16.5. The second kappa shape index (κ2) is 6.61. The van der Waals surface area contributed by atoms with Crippen molar-refractivity contribution in [3.8, 4) is 0 Å². The van der Waals surface area contributed by atoms with Crippen LogP contribution in [-0.2, 0) is 16.0 Å². The number of carbonyl (C=O) groups is 1. The van der Waals surface area contributed by atoms with Gasteiger partial charge in [0.15, 0.2) is 0 Å². The number of hydrogen-bond acceptors (Lipinski definition) is 4. The van der Waals surface area contributed by atoms with E-state index in [1.165, 1.54) is 7.11 Å². The Kier molecular flexibility index (Phi) is 5.05. The quantitative estimate of drug-likeness (QED) is 0.358. The summed E-state index contributed by atoms with van der Waals surface area (Å²) in [6.07, 6.45) is 1.20. The van der Waals surface area contributed by atoms with Gasteiger partial charge in [-0.3, -0.25) is 4.79 Å². The summed E-state index contributed by atoms with van der Waals surface area (Å²) in [7, 11) is 1.34. The van der Waals surface area contributed by atoms with Gasteiger partial charge in [0, 0.05) is 6.42 Å². The van der Waals surface area contributed by atoms with Crippen molar-refractivity contribution in [1.29, 1.82) is 0 Å². The fourth-order valence-electron chi connectivity index (χ4n) is 1.35. The van der Waals surface area contributed by atoms with Crippen LogP contribution in [0.3, 0.4) is 0 Å². The zero-order valence-corrected chi connectivity index (χ0v) is 9.22. The third-order valence-electron chi connectivity index (χ3n) is 2.24. The Bertz CT molecular complexity index is 360. The molecule has 1 N–H and O–H groups in total. The van der Waals surface area contributed by atoms with Gasteiger partial charge in [-0.25, -0.2) is 0 Å². The van der Waals surface area contributed by atoms with Crippen LogP contribution in [0.5, 0.6) is 0 Å². The molecule has 86 valence electrons. The molecule has 0 atom stereocenters. The van der Waals surface area contributed by atoms with E-state index >= 15 is 0 Å². The molecule has 0 saturated heterocycles. The molecule has 0 bridgehead atoms. The molecule has 0 aliphatic carbocycles. The van der Waals surface area contributed by atoms with Crippen LogP contribution < -0.4 is 0 Å². The van der Waals surface area contributed by atoms with E-state index in [0.717, 1.165) is 5.56 Å². The van der Waals surface area contributed by atoms with Crippen molar-refractivity contribution in [2.75, 3.05) is 7.11 Å². The molecule has 0 aliphatic rings. The molecule has 0 aromatic heterocycles. The molecule has 0 amide bonds. The van der Waals surface area contributed by atoms with E-state index in [4.69, 9.17) is 5.21 Å². The van der Waals surface area contributed by atoms with E-state index in [-0.39, 0.29) is 12.4 Å². The predicted octanol–water partition coefficient (Wildman–Crippen LogP) is 2.01. The first-order valence-electron chi connectivity index (χ1n) is 5.07. The molecule has 4 heteroatoms. The van der Waals surface area contributed by atoms with E-state index in [2.05, 4.69) is 9.89 Å². The van der Waals surface area contributed by atoms with Crippen molar-refractivity contribution >= 4 is 11.7 Å². The van der Waals surface area contributed by atoms with Gasteiger partial charge in [-0.1, -0.05) is 35.5 Å². The van der Waals surface area contributed by atoms with Crippen LogP contribution in [-0.4, -0.2) is 24.0 Å². The molecule has 0 unspecified atom stereocenters. The van der Waals surface area contributed by atoms with Crippen molar-refractivity contribution in [1.82, 2.24) is 0 Å². The summed E-state index contributed by atoms with van der Waals surface area (Å²) >= 11 is 0. The van der Waals surface area contributed by atoms with Gasteiger partial charge in [0.1, 0.15) is 0 Å². The standard InChI is InChI=1S/C12H15NO3/c1-16-12(14)8-7-11(13-15)9-10-5-3-2-4-6-10/h2-6,15H,7-9H2,1H3/b13-11+. The second-order valence-corrected chi connectivity index (χ2v) is 3.40. The van der Waals surface area contributed by atoms with E-state index in [0.29, 0.717) is 18.6 Å². The fraction of sp³-hybridized carbons (Fsp3) is 0.333. The topological polar surface area (TPSA) is 58.9 Å². The predicted molar refractivity (Wildman–Crippen MR) is 60.6 cm³/mol. The summed E-state index contributed by atoms with van der Waals surface area (Å²) < 4.78 is 4.52. The van der Waals surface area contributed by atoms with E-state index in [9.17, 15) is 4.79 Å². The smallest absolute Gasteiger partial charge is 0.305 e. The summed E-state index contributed by atoms with van der Waals surface area (Å²) in [5.74, 6) is -0.297. The number of carbonyl (C=O) groups excluding carboxylic acids is 1. The Morgan fingerprint density at radius 2 is 2.00 bits per heavy atom. The molecule has 0 saturated carbocycles. The van der Waals surface area contributed by atoms with E-state index < -0.39 is 0 Å². The van der Waals surface area contributed by atoms with Crippen molar-refractivity contribution in [3.05, 3.63) is 35.9 Å². The van der Waals surface area contributed by atoms with Crippen LogP contribution in [0.1, 0.15) is 18.4 Å². The highest BCUT2D eigenvalue weighted by Crippen LogP contribution is 2.05. The summed E-state index contributed by atoms with van der Waals surface area (Å²) in [5.41, 5.74) is 1.64. The Labute approximate surface area is 94.5 Å². The van der Waals surface area contributed by atoms with Crippen LogP contribution >= 0.6 is 0 Å². The lowest BCUT2D eigenvalue weighted by Gasteiger charge is -2.03. The number of methoxy groups -OCH3 is 1. The van der Waals surface area contributed by atoms with Gasteiger partial charge < -0.3 is 9.94 Å². The molecule has 0 heterocycles. The molecule has 1 aromatic carbocycles. The minimum Gasteiger partial charge on any atom is -0.469 e. The van der Waals surface area contributed by atoms with Crippen LogP contribution in [0, 0.1) is 0 Å². The number of oxime groups is 1. The maximum Gasteiger partial charge on any atom is 0.305 e. The molecule has 4 nitrogen and oxygen atoms in total. The minimum absolute atomic E-state index is 0.239. The van der Waals surface area contributed by atoms with Crippen molar-refractivity contribution in [2.45, 2.75) is 19.3 Å². The Hall–Kier alpha value is -1.84. The number of rotatable bonds is 5. The van der Waals surface area contributed by atoms with E-state index in [1.54, 1.807) is 0 Å².